The van der Waals surface area contributed by atoms with Crippen LogP contribution in [0.1, 0.15) is 33.1 Å². The zero-order chi connectivity index (χ0) is 11.3. The minimum absolute atomic E-state index is 0.0508. The summed E-state index contributed by atoms with van der Waals surface area (Å²) in [5.74, 6) is 0.379. The monoisotopic (exact) mass is 212 g/mol. The van der Waals surface area contributed by atoms with Gasteiger partial charge in [-0.3, -0.25) is 9.59 Å². The molecule has 0 aromatic heterocycles. The van der Waals surface area contributed by atoms with E-state index >= 15 is 0 Å². The topological polar surface area (TPSA) is 49.4 Å². The van der Waals surface area contributed by atoms with Crippen molar-refractivity contribution in [2.45, 2.75) is 33.1 Å². The Bertz CT molecular complexity index is 237. The third-order valence-corrected chi connectivity index (χ3v) is 2.96. The minimum Gasteiger partial charge on any atom is -0.354 e. The molecule has 0 aromatic carbocycles. The second-order valence-electron chi connectivity index (χ2n) is 3.94. The van der Waals surface area contributed by atoms with Gasteiger partial charge in [0.15, 0.2) is 0 Å². The summed E-state index contributed by atoms with van der Waals surface area (Å²) < 4.78 is 0. The molecule has 0 unspecified atom stereocenters. The van der Waals surface area contributed by atoms with Crippen molar-refractivity contribution in [3.8, 4) is 0 Å². The third-order valence-electron chi connectivity index (χ3n) is 2.96. The van der Waals surface area contributed by atoms with E-state index in [1.54, 1.807) is 0 Å². The van der Waals surface area contributed by atoms with Gasteiger partial charge in [0.2, 0.25) is 11.8 Å². The Hall–Kier alpha value is -1.06. The van der Waals surface area contributed by atoms with Crippen molar-refractivity contribution in [1.82, 2.24) is 10.2 Å². The SMILES string of the molecule is CCC(CC)C(=O)N1CCNC(=O)CC1. The second kappa shape index (κ2) is 5.73. The Balaban J connectivity index is 2.54. The second-order valence-corrected chi connectivity index (χ2v) is 3.94. The summed E-state index contributed by atoms with van der Waals surface area (Å²) >= 11 is 0. The van der Waals surface area contributed by atoms with E-state index < -0.39 is 0 Å². The van der Waals surface area contributed by atoms with Gasteiger partial charge >= 0.3 is 0 Å². The predicted molar refractivity (Wildman–Crippen MR) is 58.3 cm³/mol. The molecule has 1 N–H and O–H groups in total. The fourth-order valence-electron chi connectivity index (χ4n) is 1.88. The van der Waals surface area contributed by atoms with E-state index in [9.17, 15) is 9.59 Å². The first kappa shape index (κ1) is 12.0. The van der Waals surface area contributed by atoms with E-state index in [-0.39, 0.29) is 17.7 Å². The molecule has 1 rings (SSSR count). The van der Waals surface area contributed by atoms with Crippen LogP contribution in [0.2, 0.25) is 0 Å². The van der Waals surface area contributed by atoms with Gasteiger partial charge < -0.3 is 10.2 Å². The molecule has 1 saturated heterocycles. The minimum atomic E-state index is 0.0508. The molecule has 0 atom stereocenters. The highest BCUT2D eigenvalue weighted by Gasteiger charge is 2.23. The average Bonchev–Trinajstić information content (AvgIpc) is 2.44. The van der Waals surface area contributed by atoms with Crippen molar-refractivity contribution in [3.05, 3.63) is 0 Å². The Morgan fingerprint density at radius 3 is 2.67 bits per heavy atom. The molecule has 4 nitrogen and oxygen atoms in total. The lowest BCUT2D eigenvalue weighted by Crippen LogP contribution is -2.38. The fourth-order valence-corrected chi connectivity index (χ4v) is 1.88. The molecule has 1 aliphatic rings. The molecule has 0 aromatic rings. The van der Waals surface area contributed by atoms with E-state index in [1.807, 2.05) is 18.7 Å². The van der Waals surface area contributed by atoms with E-state index in [0.29, 0.717) is 26.1 Å². The zero-order valence-electron chi connectivity index (χ0n) is 9.58. The van der Waals surface area contributed by atoms with Crippen molar-refractivity contribution in [3.63, 3.8) is 0 Å². The lowest BCUT2D eigenvalue weighted by molar-refractivity contribution is -0.135. The number of nitrogens with one attached hydrogen (secondary N) is 1. The molecule has 0 radical (unpaired) electrons. The summed E-state index contributed by atoms with van der Waals surface area (Å²) in [5.41, 5.74) is 0. The van der Waals surface area contributed by atoms with Crippen LogP contribution in [-0.2, 0) is 9.59 Å². The van der Waals surface area contributed by atoms with Crippen LogP contribution in [0.4, 0.5) is 0 Å². The van der Waals surface area contributed by atoms with Crippen LogP contribution in [-0.4, -0.2) is 36.3 Å². The predicted octanol–water partition coefficient (Wildman–Crippen LogP) is 0.771. The summed E-state index contributed by atoms with van der Waals surface area (Å²) in [6.45, 7) is 5.88. The van der Waals surface area contributed by atoms with Gasteiger partial charge in [-0.15, -0.1) is 0 Å². The van der Waals surface area contributed by atoms with E-state index in [0.717, 1.165) is 12.8 Å². The highest BCUT2D eigenvalue weighted by atomic mass is 16.2. The number of nitrogens with zero attached hydrogens (tertiary/aromatic N) is 1. The van der Waals surface area contributed by atoms with Crippen molar-refractivity contribution >= 4 is 11.8 Å². The largest absolute Gasteiger partial charge is 0.354 e. The first-order valence-electron chi connectivity index (χ1n) is 5.74. The van der Waals surface area contributed by atoms with Crippen LogP contribution < -0.4 is 5.32 Å². The molecule has 15 heavy (non-hydrogen) atoms. The third kappa shape index (κ3) is 3.22. The van der Waals surface area contributed by atoms with Gasteiger partial charge in [0, 0.05) is 32.0 Å². The molecule has 2 amide bonds. The Morgan fingerprint density at radius 2 is 2.07 bits per heavy atom. The van der Waals surface area contributed by atoms with Gasteiger partial charge in [0.25, 0.3) is 0 Å². The van der Waals surface area contributed by atoms with Crippen molar-refractivity contribution < 1.29 is 9.59 Å². The van der Waals surface area contributed by atoms with Crippen LogP contribution >= 0.6 is 0 Å². The molecular formula is C11H20N2O2. The quantitative estimate of drug-likeness (QED) is 0.751. The van der Waals surface area contributed by atoms with Gasteiger partial charge in [-0.1, -0.05) is 13.8 Å². The van der Waals surface area contributed by atoms with E-state index in [1.165, 1.54) is 0 Å². The first-order valence-corrected chi connectivity index (χ1v) is 5.74. The summed E-state index contributed by atoms with van der Waals surface area (Å²) in [7, 11) is 0. The molecule has 1 fully saturated rings. The van der Waals surface area contributed by atoms with Crippen molar-refractivity contribution in [2.24, 2.45) is 5.92 Å². The van der Waals surface area contributed by atoms with Gasteiger partial charge in [-0.25, -0.2) is 0 Å². The number of hydrogen-bond donors (Lipinski definition) is 1. The Labute approximate surface area is 91.0 Å². The van der Waals surface area contributed by atoms with E-state index in [4.69, 9.17) is 0 Å². The van der Waals surface area contributed by atoms with Gasteiger partial charge in [-0.2, -0.15) is 0 Å². The number of carbonyl (C=O) groups is 2. The molecule has 0 saturated carbocycles. The van der Waals surface area contributed by atoms with Crippen LogP contribution in [0.25, 0.3) is 0 Å². The van der Waals surface area contributed by atoms with E-state index in [2.05, 4.69) is 5.32 Å². The Kier molecular flexibility index (Phi) is 4.59. The van der Waals surface area contributed by atoms with Crippen LogP contribution in [0, 0.1) is 5.92 Å². The maximum absolute atomic E-state index is 12.0. The fraction of sp³-hybridized carbons (Fsp3) is 0.818. The lowest BCUT2D eigenvalue weighted by atomic mass is 10.0. The van der Waals surface area contributed by atoms with Crippen LogP contribution in [0.15, 0.2) is 0 Å². The first-order chi connectivity index (χ1) is 7.19. The smallest absolute Gasteiger partial charge is 0.225 e. The average molecular weight is 212 g/mol. The summed E-state index contributed by atoms with van der Waals surface area (Å²) in [6, 6.07) is 0. The summed E-state index contributed by atoms with van der Waals surface area (Å²) in [4.78, 5) is 24.9. The normalized spacial score (nSPS) is 17.5. The molecule has 0 aliphatic carbocycles. The van der Waals surface area contributed by atoms with Crippen molar-refractivity contribution in [1.29, 1.82) is 0 Å². The van der Waals surface area contributed by atoms with Gasteiger partial charge in [-0.05, 0) is 12.8 Å². The summed E-state index contributed by atoms with van der Waals surface area (Å²) in [6.07, 6.45) is 2.20. The molecule has 1 heterocycles. The zero-order valence-corrected chi connectivity index (χ0v) is 9.58. The Morgan fingerprint density at radius 1 is 1.40 bits per heavy atom. The summed E-state index contributed by atoms with van der Waals surface area (Å²) in [5, 5.41) is 2.77. The molecule has 4 heteroatoms. The highest BCUT2D eigenvalue weighted by molar-refractivity contribution is 5.81. The molecule has 0 spiro atoms. The number of rotatable bonds is 3. The number of amides is 2. The molecular weight excluding hydrogens is 192 g/mol. The lowest BCUT2D eigenvalue weighted by Gasteiger charge is -2.24. The van der Waals surface area contributed by atoms with Gasteiger partial charge in [0.1, 0.15) is 0 Å². The maximum atomic E-state index is 12.0. The maximum Gasteiger partial charge on any atom is 0.225 e. The molecule has 1 aliphatic heterocycles. The molecule has 0 bridgehead atoms. The van der Waals surface area contributed by atoms with Crippen molar-refractivity contribution in [2.75, 3.05) is 19.6 Å². The van der Waals surface area contributed by atoms with Crippen LogP contribution in [0.3, 0.4) is 0 Å². The van der Waals surface area contributed by atoms with Crippen LogP contribution in [0.5, 0.6) is 0 Å². The van der Waals surface area contributed by atoms with Gasteiger partial charge in [0.05, 0.1) is 0 Å². The highest BCUT2D eigenvalue weighted by Crippen LogP contribution is 2.12. The number of carbonyl (C=O) groups excluding carboxylic acids is 2. The standard InChI is InChI=1S/C11H20N2O2/c1-3-9(4-2)11(15)13-7-5-10(14)12-6-8-13/h9H,3-8H2,1-2H3,(H,12,14). The molecule has 86 valence electrons. The number of hydrogen-bond acceptors (Lipinski definition) is 2.